The van der Waals surface area contributed by atoms with Crippen LogP contribution in [0.4, 0.5) is 8.78 Å². The quantitative estimate of drug-likeness (QED) is 0.614. The molecule has 2 atom stereocenters. The fraction of sp³-hybridized carbons (Fsp3) is 0.360. The second kappa shape index (κ2) is 9.22. The number of nitriles is 1. The van der Waals surface area contributed by atoms with Crippen molar-refractivity contribution in [2.45, 2.75) is 44.9 Å². The predicted octanol–water partition coefficient (Wildman–Crippen LogP) is 4.40. The molecule has 2 aromatic carbocycles. The lowest BCUT2D eigenvalue weighted by Crippen LogP contribution is -2.33. The number of halogens is 3. The maximum Gasteiger partial charge on any atom is 0.129 e. The van der Waals surface area contributed by atoms with Crippen LogP contribution in [0, 0.1) is 23.0 Å². The number of fused-ring (bicyclic) bond motifs is 2. The smallest absolute Gasteiger partial charge is 0.129 e. The van der Waals surface area contributed by atoms with Crippen molar-refractivity contribution in [2.24, 2.45) is 0 Å². The van der Waals surface area contributed by atoms with Gasteiger partial charge in [0.05, 0.1) is 23.4 Å². The van der Waals surface area contributed by atoms with Gasteiger partial charge in [0.2, 0.25) is 0 Å². The van der Waals surface area contributed by atoms with Crippen molar-refractivity contribution in [3.63, 3.8) is 0 Å². The Hall–Kier alpha value is -2.79. The van der Waals surface area contributed by atoms with E-state index in [1.54, 1.807) is 10.7 Å². The third-order valence-corrected chi connectivity index (χ3v) is 6.52. The van der Waals surface area contributed by atoms with Gasteiger partial charge in [-0.1, -0.05) is 19.1 Å². The molecule has 0 radical (unpaired) electrons. The van der Waals surface area contributed by atoms with Gasteiger partial charge < -0.3 is 5.11 Å². The standard InChI is InChI=1S/C25H24F2N4O.ClH/c1-2-7-30-8-6-22-20(14-30)24(16-5-3-4-15(9-16)13-28)29-31(22)25-19-10-17(26)11-21(27)18(19)12-23(25)32;/h3-5,9-11,23,25,32H,2,6-8,12,14H2,1H3;1H/t23-,25-;/m1./s1. The summed E-state index contributed by atoms with van der Waals surface area (Å²) < 4.78 is 30.3. The van der Waals surface area contributed by atoms with Gasteiger partial charge in [-0.05, 0) is 42.3 Å². The molecule has 1 aliphatic carbocycles. The third-order valence-electron chi connectivity index (χ3n) is 6.52. The lowest BCUT2D eigenvalue weighted by molar-refractivity contribution is 0.135. The molecule has 172 valence electrons. The van der Waals surface area contributed by atoms with Gasteiger partial charge >= 0.3 is 0 Å². The number of aliphatic hydroxyl groups is 1. The Kier molecular flexibility index (Phi) is 6.53. The minimum atomic E-state index is -0.891. The van der Waals surface area contributed by atoms with Gasteiger partial charge in [-0.3, -0.25) is 9.58 Å². The molecule has 5 rings (SSSR count). The van der Waals surface area contributed by atoms with E-state index in [4.69, 9.17) is 5.10 Å². The number of aromatic nitrogens is 2. The summed E-state index contributed by atoms with van der Waals surface area (Å²) in [5.41, 5.74) is 4.97. The summed E-state index contributed by atoms with van der Waals surface area (Å²) in [4.78, 5) is 2.37. The molecular formula is C25H25ClF2N4O. The topological polar surface area (TPSA) is 65.1 Å². The fourth-order valence-electron chi connectivity index (χ4n) is 5.13. The Morgan fingerprint density at radius 2 is 2.03 bits per heavy atom. The van der Waals surface area contributed by atoms with E-state index in [1.807, 2.05) is 18.2 Å². The number of benzene rings is 2. The van der Waals surface area contributed by atoms with Crippen molar-refractivity contribution in [1.82, 2.24) is 14.7 Å². The van der Waals surface area contributed by atoms with E-state index in [-0.39, 0.29) is 18.8 Å². The van der Waals surface area contributed by atoms with Crippen molar-refractivity contribution in [3.8, 4) is 17.3 Å². The summed E-state index contributed by atoms with van der Waals surface area (Å²) in [6, 6.07) is 11.0. The highest BCUT2D eigenvalue weighted by atomic mass is 35.5. The molecule has 5 nitrogen and oxygen atoms in total. The number of aliphatic hydroxyl groups excluding tert-OH is 1. The average Bonchev–Trinajstić information content (AvgIpc) is 3.31. The number of hydrogen-bond donors (Lipinski definition) is 1. The summed E-state index contributed by atoms with van der Waals surface area (Å²) in [5.74, 6) is -1.28. The van der Waals surface area contributed by atoms with E-state index in [2.05, 4.69) is 17.9 Å². The molecule has 3 aromatic rings. The van der Waals surface area contributed by atoms with Gasteiger partial charge in [0.1, 0.15) is 17.7 Å². The third kappa shape index (κ3) is 4.04. The second-order valence-electron chi connectivity index (χ2n) is 8.61. The Morgan fingerprint density at radius 3 is 2.79 bits per heavy atom. The molecule has 2 aliphatic rings. The highest BCUT2D eigenvalue weighted by molar-refractivity contribution is 5.85. The molecule has 1 aromatic heterocycles. The largest absolute Gasteiger partial charge is 0.390 e. The summed E-state index contributed by atoms with van der Waals surface area (Å²) in [6.07, 6.45) is 1.01. The maximum atomic E-state index is 14.4. The van der Waals surface area contributed by atoms with Crippen LogP contribution < -0.4 is 0 Å². The predicted molar refractivity (Wildman–Crippen MR) is 123 cm³/mol. The highest BCUT2D eigenvalue weighted by Gasteiger charge is 2.39. The van der Waals surface area contributed by atoms with E-state index < -0.39 is 23.8 Å². The molecule has 0 saturated carbocycles. The Labute approximate surface area is 197 Å². The average molecular weight is 471 g/mol. The molecule has 0 unspecified atom stereocenters. The fourth-order valence-corrected chi connectivity index (χ4v) is 5.13. The first-order valence-corrected chi connectivity index (χ1v) is 11.0. The first-order valence-electron chi connectivity index (χ1n) is 11.0. The number of rotatable bonds is 4. The summed E-state index contributed by atoms with van der Waals surface area (Å²) in [6.45, 7) is 4.68. The van der Waals surface area contributed by atoms with Crippen LogP contribution in [0.25, 0.3) is 11.3 Å². The molecule has 0 bridgehead atoms. The Balaban J connectivity index is 0.00000259. The minimum absolute atomic E-state index is 0. The molecule has 8 heteroatoms. The second-order valence-corrected chi connectivity index (χ2v) is 8.61. The zero-order valence-corrected chi connectivity index (χ0v) is 19.1. The van der Waals surface area contributed by atoms with Crippen LogP contribution in [0.5, 0.6) is 0 Å². The van der Waals surface area contributed by atoms with Crippen LogP contribution in [-0.4, -0.2) is 39.0 Å². The minimum Gasteiger partial charge on any atom is -0.390 e. The van der Waals surface area contributed by atoms with Gasteiger partial charge in [0, 0.05) is 48.8 Å². The van der Waals surface area contributed by atoms with Crippen LogP contribution in [0.2, 0.25) is 0 Å². The van der Waals surface area contributed by atoms with Crippen molar-refractivity contribution in [2.75, 3.05) is 13.1 Å². The van der Waals surface area contributed by atoms with Crippen LogP contribution in [-0.2, 0) is 19.4 Å². The summed E-state index contributed by atoms with van der Waals surface area (Å²) >= 11 is 0. The SMILES string of the molecule is CCCN1CCc2c(c(-c3cccc(C#N)c3)nn2[C@@H]2c3cc(F)cc(F)c3C[C@H]2O)C1.Cl. The van der Waals surface area contributed by atoms with Crippen molar-refractivity contribution in [3.05, 3.63) is 76.0 Å². The van der Waals surface area contributed by atoms with Crippen LogP contribution >= 0.6 is 12.4 Å². The van der Waals surface area contributed by atoms with Crippen molar-refractivity contribution >= 4 is 12.4 Å². The number of nitrogens with zero attached hydrogens (tertiary/aromatic N) is 4. The van der Waals surface area contributed by atoms with E-state index in [0.717, 1.165) is 54.5 Å². The first kappa shape index (κ1) is 23.4. The lowest BCUT2D eigenvalue weighted by atomic mass is 9.99. The normalized spacial score (nSPS) is 19.5. The van der Waals surface area contributed by atoms with Gasteiger partial charge in [-0.15, -0.1) is 12.4 Å². The lowest BCUT2D eigenvalue weighted by Gasteiger charge is -2.28. The van der Waals surface area contributed by atoms with Crippen molar-refractivity contribution < 1.29 is 13.9 Å². The zero-order chi connectivity index (χ0) is 22.4. The van der Waals surface area contributed by atoms with Gasteiger partial charge in [-0.2, -0.15) is 10.4 Å². The van der Waals surface area contributed by atoms with Crippen LogP contribution in [0.3, 0.4) is 0 Å². The van der Waals surface area contributed by atoms with Crippen molar-refractivity contribution in [1.29, 1.82) is 5.26 Å². The number of hydrogen-bond acceptors (Lipinski definition) is 4. The Bertz CT molecular complexity index is 1240. The first-order chi connectivity index (χ1) is 15.5. The molecule has 2 heterocycles. The molecule has 0 saturated heterocycles. The zero-order valence-electron chi connectivity index (χ0n) is 18.3. The summed E-state index contributed by atoms with van der Waals surface area (Å²) in [5, 5.41) is 25.1. The van der Waals surface area contributed by atoms with E-state index in [9.17, 15) is 19.1 Å². The molecule has 0 fully saturated rings. The molecule has 33 heavy (non-hydrogen) atoms. The molecule has 0 spiro atoms. The monoisotopic (exact) mass is 470 g/mol. The molecule has 1 N–H and O–H groups in total. The van der Waals surface area contributed by atoms with Gasteiger partial charge in [0.25, 0.3) is 0 Å². The van der Waals surface area contributed by atoms with Crippen LogP contribution in [0.1, 0.15) is 47.3 Å². The molecule has 0 amide bonds. The van der Waals surface area contributed by atoms with Crippen LogP contribution in [0.15, 0.2) is 36.4 Å². The Morgan fingerprint density at radius 1 is 1.21 bits per heavy atom. The van der Waals surface area contributed by atoms with E-state index in [1.165, 1.54) is 6.07 Å². The van der Waals surface area contributed by atoms with E-state index >= 15 is 0 Å². The highest BCUT2D eigenvalue weighted by Crippen LogP contribution is 2.40. The van der Waals surface area contributed by atoms with Gasteiger partial charge in [-0.25, -0.2) is 8.78 Å². The van der Waals surface area contributed by atoms with Gasteiger partial charge in [0.15, 0.2) is 0 Å². The maximum absolute atomic E-state index is 14.4. The summed E-state index contributed by atoms with van der Waals surface area (Å²) in [7, 11) is 0. The molecule has 1 aliphatic heterocycles. The molecular weight excluding hydrogens is 446 g/mol. The van der Waals surface area contributed by atoms with E-state index in [0.29, 0.717) is 23.2 Å².